The summed E-state index contributed by atoms with van der Waals surface area (Å²) < 4.78 is 17.6. The van der Waals surface area contributed by atoms with Crippen molar-refractivity contribution in [2.24, 2.45) is 39.9 Å². The van der Waals surface area contributed by atoms with Gasteiger partial charge in [0, 0.05) is 36.0 Å². The third kappa shape index (κ3) is 2.13. The molecule has 160 valence electrons. The van der Waals surface area contributed by atoms with Crippen molar-refractivity contribution in [1.82, 2.24) is 0 Å². The van der Waals surface area contributed by atoms with Crippen molar-refractivity contribution in [2.45, 2.75) is 71.9 Å². The predicted octanol–water partition coefficient (Wildman–Crippen LogP) is 1.85. The van der Waals surface area contributed by atoms with Gasteiger partial charge in [-0.15, -0.1) is 0 Å². The lowest BCUT2D eigenvalue weighted by Gasteiger charge is -2.62. The number of rotatable bonds is 1. The van der Waals surface area contributed by atoms with Crippen LogP contribution in [0.3, 0.4) is 0 Å². The molecule has 7 heteroatoms. The topological polar surface area (TPSA) is 99.1 Å². The molecule has 29 heavy (non-hydrogen) atoms. The van der Waals surface area contributed by atoms with E-state index in [2.05, 4.69) is 0 Å². The molecule has 2 saturated heterocycles. The molecule has 0 aromatic rings. The Labute approximate surface area is 170 Å². The summed E-state index contributed by atoms with van der Waals surface area (Å²) in [6, 6.07) is 0. The van der Waals surface area contributed by atoms with Gasteiger partial charge >= 0.3 is 11.9 Å². The lowest BCUT2D eigenvalue weighted by atomic mass is 9.43. The first kappa shape index (κ1) is 19.5. The fourth-order valence-electron chi connectivity index (χ4n) is 7.79. The van der Waals surface area contributed by atoms with Crippen molar-refractivity contribution in [3.8, 4) is 0 Å². The number of hydrogen-bond donors (Lipinski definition) is 1. The van der Waals surface area contributed by atoms with E-state index in [1.165, 1.54) is 6.92 Å². The molecule has 0 unspecified atom stereocenters. The zero-order chi connectivity index (χ0) is 20.9. The summed E-state index contributed by atoms with van der Waals surface area (Å²) in [6.45, 7) is 7.45. The van der Waals surface area contributed by atoms with E-state index >= 15 is 0 Å². The molecule has 5 rings (SSSR count). The Hall–Kier alpha value is -1.47. The van der Waals surface area contributed by atoms with Gasteiger partial charge in [0.2, 0.25) is 6.29 Å². The minimum atomic E-state index is -1.12. The van der Waals surface area contributed by atoms with Gasteiger partial charge in [-0.05, 0) is 31.1 Å². The van der Waals surface area contributed by atoms with Crippen LogP contribution in [0.25, 0.3) is 0 Å². The summed E-state index contributed by atoms with van der Waals surface area (Å²) in [5.41, 5.74) is -2.38. The van der Waals surface area contributed by atoms with Gasteiger partial charge in [0.1, 0.15) is 11.5 Å². The average Bonchev–Trinajstić information content (AvgIpc) is 3.11. The molecule has 0 aromatic heterocycles. The maximum atomic E-state index is 13.4. The van der Waals surface area contributed by atoms with Crippen LogP contribution in [-0.4, -0.2) is 47.9 Å². The maximum Gasteiger partial charge on any atom is 0.320 e. The summed E-state index contributed by atoms with van der Waals surface area (Å²) in [6.07, 6.45) is 0.409. The standard InChI is InChI=1S/C22H30O7/c1-10-12-5-6-13-21(8-12,17(10)25)19(26)29-15-7-14(24)20(3,4)16-18(28-11(2)23)27-9-22(13,15)16/h10,12-16,18,24H,5-9H2,1-4H3/t10-,12-,13-,14+,15+,16-,18+,21+,22-/m1/s1. The highest BCUT2D eigenvalue weighted by Gasteiger charge is 2.79. The summed E-state index contributed by atoms with van der Waals surface area (Å²) in [5, 5.41) is 10.9. The molecule has 2 heterocycles. The van der Waals surface area contributed by atoms with Gasteiger partial charge in [0.05, 0.1) is 12.7 Å². The number of hydrogen-bond acceptors (Lipinski definition) is 7. The zero-order valence-corrected chi connectivity index (χ0v) is 17.5. The number of ketones is 1. The van der Waals surface area contributed by atoms with Crippen LogP contribution in [0.2, 0.25) is 0 Å². The Balaban J connectivity index is 1.68. The van der Waals surface area contributed by atoms with E-state index < -0.39 is 46.7 Å². The Kier molecular flexibility index (Phi) is 3.91. The Bertz CT molecular complexity index is 790. The van der Waals surface area contributed by atoms with Crippen LogP contribution < -0.4 is 0 Å². The first-order chi connectivity index (χ1) is 13.6. The quantitative estimate of drug-likeness (QED) is 0.524. The molecule has 7 nitrogen and oxygen atoms in total. The predicted molar refractivity (Wildman–Crippen MR) is 99.1 cm³/mol. The fourth-order valence-corrected chi connectivity index (χ4v) is 7.79. The van der Waals surface area contributed by atoms with Crippen LogP contribution >= 0.6 is 0 Å². The molecular formula is C22H30O7. The molecule has 5 fully saturated rings. The highest BCUT2D eigenvalue weighted by Crippen LogP contribution is 2.71. The van der Waals surface area contributed by atoms with Crippen LogP contribution in [-0.2, 0) is 28.6 Å². The minimum Gasteiger partial charge on any atom is -0.461 e. The van der Waals surface area contributed by atoms with Crippen LogP contribution in [0.4, 0.5) is 0 Å². The van der Waals surface area contributed by atoms with E-state index in [-0.39, 0.29) is 36.1 Å². The number of fused-ring (bicyclic) bond motifs is 1. The molecule has 5 aliphatic rings. The number of ether oxygens (including phenoxy) is 3. The van der Waals surface area contributed by atoms with Crippen molar-refractivity contribution in [2.75, 3.05) is 6.61 Å². The first-order valence-electron chi connectivity index (χ1n) is 10.8. The monoisotopic (exact) mass is 406 g/mol. The molecule has 9 atom stereocenters. The van der Waals surface area contributed by atoms with Crippen molar-refractivity contribution in [1.29, 1.82) is 0 Å². The fraction of sp³-hybridized carbons (Fsp3) is 0.864. The highest BCUT2D eigenvalue weighted by molar-refractivity contribution is 6.07. The zero-order valence-electron chi connectivity index (χ0n) is 17.5. The normalized spacial score (nSPS) is 52.2. The van der Waals surface area contributed by atoms with E-state index in [9.17, 15) is 19.5 Å². The van der Waals surface area contributed by atoms with Gasteiger partial charge in [0.25, 0.3) is 0 Å². The molecule has 3 saturated carbocycles. The lowest BCUT2D eigenvalue weighted by Crippen LogP contribution is -2.70. The molecular weight excluding hydrogens is 376 g/mol. The van der Waals surface area contributed by atoms with Crippen LogP contribution in [0.5, 0.6) is 0 Å². The molecule has 3 aliphatic carbocycles. The maximum absolute atomic E-state index is 13.4. The number of aliphatic hydroxyl groups excluding tert-OH is 1. The van der Waals surface area contributed by atoms with Gasteiger partial charge in [-0.3, -0.25) is 14.4 Å². The minimum absolute atomic E-state index is 0.00133. The van der Waals surface area contributed by atoms with Crippen molar-refractivity contribution in [3.05, 3.63) is 0 Å². The van der Waals surface area contributed by atoms with E-state index in [1.54, 1.807) is 0 Å². The molecule has 2 aliphatic heterocycles. The first-order valence-corrected chi connectivity index (χ1v) is 10.8. The largest absolute Gasteiger partial charge is 0.461 e. The number of carbonyl (C=O) groups is 3. The van der Waals surface area contributed by atoms with Crippen LogP contribution in [0, 0.1) is 39.9 Å². The summed E-state index contributed by atoms with van der Waals surface area (Å²) >= 11 is 0. The SMILES string of the molecule is CC(=O)O[C@@H]1OC[C@@]23[C@H](C[C@H](O)C(C)(C)[C@@H]12)OC(=O)[C@@]12C[C@@H](CC[C@H]13)[C@@H](C)C2=O. The number of Topliss-reactive ketones (excluding diaryl/α,β-unsaturated/α-hetero) is 1. The Morgan fingerprint density at radius 1 is 1.24 bits per heavy atom. The number of aliphatic hydroxyl groups is 1. The second kappa shape index (κ2) is 5.82. The van der Waals surface area contributed by atoms with Gasteiger partial charge in [-0.2, -0.15) is 0 Å². The van der Waals surface area contributed by atoms with Gasteiger partial charge in [0.15, 0.2) is 5.78 Å². The van der Waals surface area contributed by atoms with E-state index in [0.29, 0.717) is 12.8 Å². The van der Waals surface area contributed by atoms with E-state index in [1.807, 2.05) is 20.8 Å². The number of esters is 2. The second-order valence-corrected chi connectivity index (χ2v) is 10.6. The van der Waals surface area contributed by atoms with E-state index in [4.69, 9.17) is 14.2 Å². The Morgan fingerprint density at radius 3 is 2.66 bits per heavy atom. The van der Waals surface area contributed by atoms with Crippen LogP contribution in [0.1, 0.15) is 53.4 Å². The second-order valence-electron chi connectivity index (χ2n) is 10.6. The summed E-state index contributed by atoms with van der Waals surface area (Å²) in [5.74, 6) is -1.37. The third-order valence-electron chi connectivity index (χ3n) is 9.16. The van der Waals surface area contributed by atoms with Crippen molar-refractivity contribution in [3.63, 3.8) is 0 Å². The molecule has 0 radical (unpaired) electrons. The number of carbonyl (C=O) groups excluding carboxylic acids is 3. The highest BCUT2D eigenvalue weighted by atomic mass is 16.7. The molecule has 1 N–H and O–H groups in total. The summed E-state index contributed by atoms with van der Waals surface area (Å²) in [4.78, 5) is 38.5. The summed E-state index contributed by atoms with van der Waals surface area (Å²) in [7, 11) is 0. The molecule has 0 amide bonds. The molecule has 2 spiro atoms. The third-order valence-corrected chi connectivity index (χ3v) is 9.16. The molecule has 2 bridgehead atoms. The Morgan fingerprint density at radius 2 is 1.97 bits per heavy atom. The van der Waals surface area contributed by atoms with Crippen molar-refractivity contribution >= 4 is 17.7 Å². The van der Waals surface area contributed by atoms with E-state index in [0.717, 1.165) is 12.8 Å². The van der Waals surface area contributed by atoms with Gasteiger partial charge in [-0.25, -0.2) is 0 Å². The van der Waals surface area contributed by atoms with Gasteiger partial charge in [-0.1, -0.05) is 20.8 Å². The van der Waals surface area contributed by atoms with Crippen molar-refractivity contribution < 1.29 is 33.7 Å². The smallest absolute Gasteiger partial charge is 0.320 e. The van der Waals surface area contributed by atoms with Crippen LogP contribution in [0.15, 0.2) is 0 Å². The average molecular weight is 406 g/mol. The lowest BCUT2D eigenvalue weighted by molar-refractivity contribution is -0.255. The molecule has 0 aromatic carbocycles. The van der Waals surface area contributed by atoms with Gasteiger partial charge < -0.3 is 19.3 Å².